The molecule has 1 unspecified atom stereocenters. The van der Waals surface area contributed by atoms with Crippen molar-refractivity contribution in [2.24, 2.45) is 0 Å². The van der Waals surface area contributed by atoms with Crippen LogP contribution in [0.5, 0.6) is 0 Å². The third kappa shape index (κ3) is 5.74. The fourth-order valence-electron chi connectivity index (χ4n) is 5.35. The highest BCUT2D eigenvalue weighted by Crippen LogP contribution is 2.37. The van der Waals surface area contributed by atoms with E-state index in [0.29, 0.717) is 4.90 Å². The first-order valence-electron chi connectivity index (χ1n) is 12.8. The van der Waals surface area contributed by atoms with Gasteiger partial charge in [-0.25, -0.2) is 13.2 Å². The van der Waals surface area contributed by atoms with Gasteiger partial charge in [-0.3, -0.25) is 4.90 Å². The summed E-state index contributed by atoms with van der Waals surface area (Å²) in [7, 11) is -1.86. The standard InChI is InChI=1S/C31H32N2O4S/c1-37-31(34)16-10-22-9-14-28-24(19-22)11-15-30(28)33(21-23-7-12-26(13-8-23)38(2,35)36)18-17-25-20-32-29-6-4-3-5-27(25)29/h3-10,12-14,16,19-20,30,32H,11,15,17-18,21H2,1-2H3/b16-10+. The molecule has 1 aliphatic rings. The Morgan fingerprint density at radius 1 is 1.11 bits per heavy atom. The summed E-state index contributed by atoms with van der Waals surface area (Å²) < 4.78 is 28.6. The highest BCUT2D eigenvalue weighted by atomic mass is 32.2. The van der Waals surface area contributed by atoms with E-state index in [-0.39, 0.29) is 12.0 Å². The molecule has 0 aliphatic heterocycles. The number of aromatic nitrogens is 1. The van der Waals surface area contributed by atoms with Crippen LogP contribution in [-0.2, 0) is 38.8 Å². The van der Waals surface area contributed by atoms with Crippen molar-refractivity contribution < 1.29 is 17.9 Å². The molecule has 0 saturated carbocycles. The summed E-state index contributed by atoms with van der Waals surface area (Å²) in [5, 5.41) is 1.25. The molecule has 1 aliphatic carbocycles. The topological polar surface area (TPSA) is 79.5 Å². The number of H-pyrrole nitrogens is 1. The van der Waals surface area contributed by atoms with E-state index < -0.39 is 9.84 Å². The fraction of sp³-hybridized carbons (Fsp3) is 0.258. The van der Waals surface area contributed by atoms with Crippen LogP contribution in [0.2, 0.25) is 0 Å². The summed E-state index contributed by atoms with van der Waals surface area (Å²) in [4.78, 5) is 17.7. The number of hydrogen-bond donors (Lipinski definition) is 1. The van der Waals surface area contributed by atoms with E-state index in [4.69, 9.17) is 4.74 Å². The summed E-state index contributed by atoms with van der Waals surface area (Å²) in [6.45, 7) is 1.59. The minimum absolute atomic E-state index is 0.253. The number of carbonyl (C=O) groups is 1. The number of nitrogens with zero attached hydrogens (tertiary/aromatic N) is 1. The van der Waals surface area contributed by atoms with Crippen molar-refractivity contribution in [1.29, 1.82) is 0 Å². The number of benzene rings is 3. The van der Waals surface area contributed by atoms with Crippen LogP contribution in [0.4, 0.5) is 0 Å². The molecule has 0 saturated heterocycles. The lowest BCUT2D eigenvalue weighted by atomic mass is 10.0. The molecule has 0 amide bonds. The van der Waals surface area contributed by atoms with Crippen molar-refractivity contribution in [2.75, 3.05) is 19.9 Å². The maximum atomic E-state index is 11.9. The summed E-state index contributed by atoms with van der Waals surface area (Å²) in [5.41, 5.74) is 7.11. The van der Waals surface area contributed by atoms with E-state index in [9.17, 15) is 13.2 Å². The maximum absolute atomic E-state index is 11.9. The van der Waals surface area contributed by atoms with Crippen LogP contribution in [0.3, 0.4) is 0 Å². The average Bonchev–Trinajstić information content (AvgIpc) is 3.53. The summed E-state index contributed by atoms with van der Waals surface area (Å²) in [6, 6.07) is 22.2. The first-order valence-corrected chi connectivity index (χ1v) is 14.7. The van der Waals surface area contributed by atoms with Gasteiger partial charge in [0.2, 0.25) is 0 Å². The molecule has 0 bridgehead atoms. The molecule has 3 aromatic carbocycles. The number of nitrogens with one attached hydrogen (secondary N) is 1. The molecule has 0 spiro atoms. The van der Waals surface area contributed by atoms with Crippen molar-refractivity contribution in [3.05, 3.63) is 107 Å². The molecule has 0 radical (unpaired) electrons. The maximum Gasteiger partial charge on any atom is 0.330 e. The molecule has 38 heavy (non-hydrogen) atoms. The number of aryl methyl sites for hydroxylation is 1. The number of fused-ring (bicyclic) bond motifs is 2. The fourth-order valence-corrected chi connectivity index (χ4v) is 5.98. The second kappa shape index (κ2) is 11.0. The first-order chi connectivity index (χ1) is 18.3. The number of sulfone groups is 1. The summed E-state index contributed by atoms with van der Waals surface area (Å²) in [6.07, 6.45) is 9.45. The monoisotopic (exact) mass is 528 g/mol. The molecular weight excluding hydrogens is 496 g/mol. The minimum atomic E-state index is -3.23. The van der Waals surface area contributed by atoms with Gasteiger partial charge in [-0.15, -0.1) is 0 Å². The van der Waals surface area contributed by atoms with Crippen molar-refractivity contribution in [1.82, 2.24) is 9.88 Å². The van der Waals surface area contributed by atoms with E-state index >= 15 is 0 Å². The quantitative estimate of drug-likeness (QED) is 0.230. The predicted octanol–water partition coefficient (Wildman–Crippen LogP) is 5.49. The molecule has 5 rings (SSSR count). The third-order valence-electron chi connectivity index (χ3n) is 7.35. The van der Waals surface area contributed by atoms with Crippen LogP contribution >= 0.6 is 0 Å². The molecule has 196 valence electrons. The van der Waals surface area contributed by atoms with Gasteiger partial charge in [-0.05, 0) is 71.4 Å². The number of aromatic amines is 1. The van der Waals surface area contributed by atoms with Gasteiger partial charge in [-0.1, -0.05) is 48.5 Å². The molecule has 1 aromatic heterocycles. The predicted molar refractivity (Wildman–Crippen MR) is 151 cm³/mol. The summed E-state index contributed by atoms with van der Waals surface area (Å²) in [5.74, 6) is -0.367. The van der Waals surface area contributed by atoms with Crippen molar-refractivity contribution >= 4 is 32.8 Å². The largest absolute Gasteiger partial charge is 0.466 e. The Morgan fingerprint density at radius 2 is 1.89 bits per heavy atom. The highest BCUT2D eigenvalue weighted by Gasteiger charge is 2.28. The minimum Gasteiger partial charge on any atom is -0.466 e. The van der Waals surface area contributed by atoms with Gasteiger partial charge < -0.3 is 9.72 Å². The smallest absolute Gasteiger partial charge is 0.330 e. The van der Waals surface area contributed by atoms with E-state index in [1.165, 1.54) is 41.5 Å². The highest BCUT2D eigenvalue weighted by molar-refractivity contribution is 7.90. The van der Waals surface area contributed by atoms with Crippen LogP contribution in [0.15, 0.2) is 83.9 Å². The lowest BCUT2D eigenvalue weighted by Crippen LogP contribution is -2.29. The zero-order valence-electron chi connectivity index (χ0n) is 21.7. The van der Waals surface area contributed by atoms with Gasteiger partial charge in [-0.2, -0.15) is 0 Å². The van der Waals surface area contributed by atoms with Crippen LogP contribution in [0.1, 0.15) is 40.3 Å². The molecule has 0 fully saturated rings. The number of carbonyl (C=O) groups excluding carboxylic acids is 1. The second-order valence-electron chi connectivity index (χ2n) is 9.87. The van der Waals surface area contributed by atoms with Crippen molar-refractivity contribution in [3.8, 4) is 0 Å². The molecule has 4 aromatic rings. The Hall–Kier alpha value is -3.68. The molecular formula is C31H32N2O4S. The average molecular weight is 529 g/mol. The number of hydrogen-bond acceptors (Lipinski definition) is 5. The number of para-hydroxylation sites is 1. The van der Waals surface area contributed by atoms with Crippen LogP contribution in [-0.4, -0.2) is 44.2 Å². The van der Waals surface area contributed by atoms with Crippen LogP contribution < -0.4 is 0 Å². The van der Waals surface area contributed by atoms with E-state index in [1.807, 2.05) is 18.2 Å². The number of rotatable bonds is 9. The zero-order chi connectivity index (χ0) is 26.7. The van der Waals surface area contributed by atoms with Crippen molar-refractivity contribution in [2.45, 2.75) is 36.7 Å². The molecule has 7 heteroatoms. The molecule has 1 heterocycles. The molecule has 1 N–H and O–H groups in total. The van der Waals surface area contributed by atoms with Gasteiger partial charge >= 0.3 is 5.97 Å². The first kappa shape index (κ1) is 25.9. The lowest BCUT2D eigenvalue weighted by molar-refractivity contribution is -0.134. The Labute approximate surface area is 223 Å². The molecule has 6 nitrogen and oxygen atoms in total. The van der Waals surface area contributed by atoms with Crippen LogP contribution in [0, 0.1) is 0 Å². The normalized spacial score (nSPS) is 15.4. The molecule has 1 atom stereocenters. The van der Waals surface area contributed by atoms with Gasteiger partial charge in [0.05, 0.1) is 12.0 Å². The van der Waals surface area contributed by atoms with Gasteiger partial charge in [0, 0.05) is 48.6 Å². The number of ether oxygens (including phenoxy) is 1. The Balaban J connectivity index is 1.41. The zero-order valence-corrected chi connectivity index (χ0v) is 22.5. The SMILES string of the molecule is COC(=O)/C=C/c1ccc2c(c1)CCC2N(CCc1c[nH]c2ccccc12)Cc1ccc(S(C)(=O)=O)cc1. The Bertz CT molecular complexity index is 1590. The Kier molecular flexibility index (Phi) is 7.49. The van der Waals surface area contributed by atoms with E-state index in [0.717, 1.165) is 49.0 Å². The van der Waals surface area contributed by atoms with Gasteiger partial charge in [0.15, 0.2) is 9.84 Å². The third-order valence-corrected chi connectivity index (χ3v) is 8.48. The van der Waals surface area contributed by atoms with Gasteiger partial charge in [0.1, 0.15) is 0 Å². The van der Waals surface area contributed by atoms with E-state index in [1.54, 1.807) is 18.2 Å². The number of methoxy groups -OCH3 is 1. The van der Waals surface area contributed by atoms with Crippen LogP contribution in [0.25, 0.3) is 17.0 Å². The van der Waals surface area contributed by atoms with E-state index in [2.05, 4.69) is 52.5 Å². The lowest BCUT2D eigenvalue weighted by Gasteiger charge is -2.30. The summed E-state index contributed by atoms with van der Waals surface area (Å²) >= 11 is 0. The van der Waals surface area contributed by atoms with Gasteiger partial charge in [0.25, 0.3) is 0 Å². The number of esters is 1. The second-order valence-corrected chi connectivity index (χ2v) is 11.9. The Morgan fingerprint density at radius 3 is 2.66 bits per heavy atom. The van der Waals surface area contributed by atoms with Crippen molar-refractivity contribution in [3.63, 3.8) is 0 Å².